The van der Waals surface area contributed by atoms with E-state index in [1.165, 1.54) is 18.3 Å². The first kappa shape index (κ1) is 19.1. The molecule has 0 atom stereocenters. The Morgan fingerprint density at radius 1 is 1.35 bits per heavy atom. The maximum atomic E-state index is 12.0. The molecule has 2 amide bonds. The van der Waals surface area contributed by atoms with E-state index in [1.807, 2.05) is 18.2 Å². The Morgan fingerprint density at radius 2 is 2.13 bits per heavy atom. The Balaban J connectivity index is 0.00000264. The summed E-state index contributed by atoms with van der Waals surface area (Å²) in [5.41, 5.74) is 7.48. The largest absolute Gasteiger partial charge is 0.347 e. The van der Waals surface area contributed by atoms with Crippen LogP contribution in [0.25, 0.3) is 0 Å². The number of hydrogen-bond acceptors (Lipinski definition) is 5. The fraction of sp³-hybridized carbons (Fsp3) is 0.267. The topological polar surface area (TPSA) is 97.1 Å². The first-order chi connectivity index (χ1) is 10.6. The molecule has 0 fully saturated rings. The second-order valence-corrected chi connectivity index (χ2v) is 5.67. The molecule has 2 aromatic rings. The Bertz CT molecular complexity index is 675. The third-order valence-corrected chi connectivity index (χ3v) is 3.75. The average molecular weight is 355 g/mol. The number of rotatable bonds is 6. The maximum absolute atomic E-state index is 12.0. The molecule has 1 heterocycles. The molecule has 6 nitrogen and oxygen atoms in total. The van der Waals surface area contributed by atoms with E-state index in [0.717, 1.165) is 10.6 Å². The van der Waals surface area contributed by atoms with Gasteiger partial charge in [0.05, 0.1) is 5.01 Å². The van der Waals surface area contributed by atoms with Crippen LogP contribution in [0.1, 0.15) is 28.0 Å². The predicted octanol–water partition coefficient (Wildman–Crippen LogP) is 1.95. The molecule has 1 aromatic carbocycles. The van der Waals surface area contributed by atoms with Crippen LogP contribution < -0.4 is 16.4 Å². The first-order valence-electron chi connectivity index (χ1n) is 6.87. The van der Waals surface area contributed by atoms with Gasteiger partial charge in [-0.1, -0.05) is 12.1 Å². The zero-order valence-electron chi connectivity index (χ0n) is 12.7. The molecule has 0 aliphatic heterocycles. The van der Waals surface area contributed by atoms with E-state index in [4.69, 9.17) is 5.73 Å². The van der Waals surface area contributed by atoms with Crippen molar-refractivity contribution in [2.45, 2.75) is 19.9 Å². The van der Waals surface area contributed by atoms with Crippen molar-refractivity contribution in [1.29, 1.82) is 0 Å². The minimum atomic E-state index is -0.218. The molecule has 0 spiro atoms. The molecular weight excluding hydrogens is 336 g/mol. The third kappa shape index (κ3) is 5.97. The third-order valence-electron chi connectivity index (χ3n) is 2.84. The van der Waals surface area contributed by atoms with E-state index in [0.29, 0.717) is 30.9 Å². The fourth-order valence-electron chi connectivity index (χ4n) is 1.89. The SMILES string of the molecule is CC(=O)Nc1cccc(CNC(=O)c2csc(CCN)n2)c1.Cl. The summed E-state index contributed by atoms with van der Waals surface area (Å²) in [6, 6.07) is 7.33. The summed E-state index contributed by atoms with van der Waals surface area (Å²) in [6.45, 7) is 2.34. The summed E-state index contributed by atoms with van der Waals surface area (Å²) in [5, 5.41) is 8.11. The second kappa shape index (κ2) is 9.24. The highest BCUT2D eigenvalue weighted by Crippen LogP contribution is 2.12. The number of nitrogens with zero attached hydrogens (tertiary/aromatic N) is 1. The molecule has 0 aliphatic rings. The van der Waals surface area contributed by atoms with Crippen molar-refractivity contribution in [2.24, 2.45) is 5.73 Å². The number of anilines is 1. The lowest BCUT2D eigenvalue weighted by molar-refractivity contribution is -0.114. The van der Waals surface area contributed by atoms with Crippen molar-refractivity contribution in [1.82, 2.24) is 10.3 Å². The molecule has 0 saturated heterocycles. The highest BCUT2D eigenvalue weighted by atomic mass is 35.5. The van der Waals surface area contributed by atoms with Crippen LogP contribution in [0.5, 0.6) is 0 Å². The van der Waals surface area contributed by atoms with Crippen LogP contribution in [0.15, 0.2) is 29.6 Å². The lowest BCUT2D eigenvalue weighted by Gasteiger charge is -2.06. The van der Waals surface area contributed by atoms with E-state index >= 15 is 0 Å². The second-order valence-electron chi connectivity index (χ2n) is 4.73. The van der Waals surface area contributed by atoms with Gasteiger partial charge in [0.15, 0.2) is 0 Å². The molecular formula is C15H19ClN4O2S. The van der Waals surface area contributed by atoms with E-state index in [1.54, 1.807) is 11.4 Å². The van der Waals surface area contributed by atoms with Crippen LogP contribution in [0.2, 0.25) is 0 Å². The quantitative estimate of drug-likeness (QED) is 0.738. The number of nitrogens with one attached hydrogen (secondary N) is 2. The van der Waals surface area contributed by atoms with Crippen molar-refractivity contribution in [3.63, 3.8) is 0 Å². The Morgan fingerprint density at radius 3 is 2.83 bits per heavy atom. The standard InChI is InChI=1S/C15H18N4O2S.ClH/c1-10(20)18-12-4-2-3-11(7-12)8-17-15(21)13-9-22-14(19-13)5-6-16;/h2-4,7,9H,5-6,8,16H2,1H3,(H,17,21)(H,18,20);1H. The molecule has 0 aliphatic carbocycles. The summed E-state index contributed by atoms with van der Waals surface area (Å²) in [7, 11) is 0. The number of carbonyl (C=O) groups is 2. The highest BCUT2D eigenvalue weighted by molar-refractivity contribution is 7.09. The van der Waals surface area contributed by atoms with Gasteiger partial charge in [-0.15, -0.1) is 23.7 Å². The Hall–Kier alpha value is -1.96. The van der Waals surface area contributed by atoms with E-state index in [2.05, 4.69) is 15.6 Å². The molecule has 0 bridgehead atoms. The lowest BCUT2D eigenvalue weighted by Crippen LogP contribution is -2.23. The minimum absolute atomic E-state index is 0. The number of carbonyl (C=O) groups excluding carboxylic acids is 2. The van der Waals surface area contributed by atoms with Crippen LogP contribution >= 0.6 is 23.7 Å². The van der Waals surface area contributed by atoms with Gasteiger partial charge in [0.2, 0.25) is 5.91 Å². The Kier molecular flexibility index (Phi) is 7.67. The number of amides is 2. The van der Waals surface area contributed by atoms with Crippen molar-refractivity contribution in [3.8, 4) is 0 Å². The maximum Gasteiger partial charge on any atom is 0.271 e. The molecule has 0 radical (unpaired) electrons. The van der Waals surface area contributed by atoms with Crippen molar-refractivity contribution >= 4 is 41.2 Å². The fourth-order valence-corrected chi connectivity index (χ4v) is 2.68. The molecule has 0 unspecified atom stereocenters. The van der Waals surface area contributed by atoms with E-state index in [-0.39, 0.29) is 24.2 Å². The van der Waals surface area contributed by atoms with Crippen molar-refractivity contribution in [2.75, 3.05) is 11.9 Å². The smallest absolute Gasteiger partial charge is 0.271 e. The molecule has 4 N–H and O–H groups in total. The summed E-state index contributed by atoms with van der Waals surface area (Å²) in [4.78, 5) is 27.3. The van der Waals surface area contributed by atoms with Gasteiger partial charge in [0.1, 0.15) is 5.69 Å². The van der Waals surface area contributed by atoms with Crippen LogP contribution in [0, 0.1) is 0 Å². The minimum Gasteiger partial charge on any atom is -0.347 e. The van der Waals surface area contributed by atoms with Crippen LogP contribution in [0.3, 0.4) is 0 Å². The van der Waals surface area contributed by atoms with Gasteiger partial charge in [-0.2, -0.15) is 0 Å². The summed E-state index contributed by atoms with van der Waals surface area (Å²) in [5.74, 6) is -0.347. The summed E-state index contributed by atoms with van der Waals surface area (Å²) in [6.07, 6.45) is 0.677. The molecule has 1 aromatic heterocycles. The molecule has 0 saturated carbocycles. The summed E-state index contributed by atoms with van der Waals surface area (Å²) >= 11 is 1.43. The highest BCUT2D eigenvalue weighted by Gasteiger charge is 2.10. The predicted molar refractivity (Wildman–Crippen MR) is 94.0 cm³/mol. The van der Waals surface area contributed by atoms with Gasteiger partial charge in [-0.25, -0.2) is 4.98 Å². The van der Waals surface area contributed by atoms with Gasteiger partial charge >= 0.3 is 0 Å². The number of hydrogen-bond donors (Lipinski definition) is 3. The van der Waals surface area contributed by atoms with E-state index < -0.39 is 0 Å². The number of halogens is 1. The molecule has 2 rings (SSSR count). The molecule has 23 heavy (non-hydrogen) atoms. The van der Waals surface area contributed by atoms with Gasteiger partial charge in [0.25, 0.3) is 5.91 Å². The van der Waals surface area contributed by atoms with Gasteiger partial charge in [-0.3, -0.25) is 9.59 Å². The number of thiazole rings is 1. The average Bonchev–Trinajstić information content (AvgIpc) is 2.94. The number of aromatic nitrogens is 1. The lowest BCUT2D eigenvalue weighted by atomic mass is 10.2. The number of nitrogens with two attached hydrogens (primary N) is 1. The zero-order valence-corrected chi connectivity index (χ0v) is 14.3. The van der Waals surface area contributed by atoms with Gasteiger partial charge in [-0.05, 0) is 24.2 Å². The van der Waals surface area contributed by atoms with Crippen LogP contribution in [0.4, 0.5) is 5.69 Å². The summed E-state index contributed by atoms with van der Waals surface area (Å²) < 4.78 is 0. The van der Waals surface area contributed by atoms with E-state index in [9.17, 15) is 9.59 Å². The number of benzene rings is 1. The zero-order chi connectivity index (χ0) is 15.9. The van der Waals surface area contributed by atoms with Gasteiger partial charge in [0, 0.05) is 31.0 Å². The first-order valence-corrected chi connectivity index (χ1v) is 7.75. The molecule has 124 valence electrons. The van der Waals surface area contributed by atoms with Crippen molar-refractivity contribution in [3.05, 3.63) is 45.9 Å². The van der Waals surface area contributed by atoms with Crippen LogP contribution in [-0.2, 0) is 17.8 Å². The monoisotopic (exact) mass is 354 g/mol. The molecule has 8 heteroatoms. The van der Waals surface area contributed by atoms with Crippen LogP contribution in [-0.4, -0.2) is 23.3 Å². The van der Waals surface area contributed by atoms with Crippen molar-refractivity contribution < 1.29 is 9.59 Å². The van der Waals surface area contributed by atoms with Gasteiger partial charge < -0.3 is 16.4 Å². The normalized spacial score (nSPS) is 9.83. The Labute approximate surface area is 144 Å².